The summed E-state index contributed by atoms with van der Waals surface area (Å²) in [5.41, 5.74) is 0.411. The number of hydrogen-bond acceptors (Lipinski definition) is 10. The van der Waals surface area contributed by atoms with Gasteiger partial charge in [-0.25, -0.2) is 24.0 Å². The summed E-state index contributed by atoms with van der Waals surface area (Å²) in [6.45, 7) is -3.12. The molecule has 3 aromatic carbocycles. The third-order valence-electron chi connectivity index (χ3n) is 6.02. The Labute approximate surface area is 289 Å². The molecule has 0 aliphatic heterocycles. The van der Waals surface area contributed by atoms with Gasteiger partial charge in [-0.2, -0.15) is 4.33 Å². The maximum absolute atomic E-state index is 13.7. The Morgan fingerprint density at radius 3 is 2.72 bits per heavy atom. The molecule has 10 nitrogen and oxygen atoms in total. The number of anilines is 2. The van der Waals surface area contributed by atoms with E-state index in [1.54, 1.807) is 45.0 Å². The number of furan rings is 1. The fourth-order valence-electron chi connectivity index (χ4n) is 4.06. The Bertz CT molecular complexity index is 2100. The van der Waals surface area contributed by atoms with Crippen molar-refractivity contribution in [2.45, 2.75) is 39.4 Å². The van der Waals surface area contributed by atoms with E-state index in [9.17, 15) is 9.18 Å². The van der Waals surface area contributed by atoms with E-state index in [0.29, 0.717) is 44.9 Å². The van der Waals surface area contributed by atoms with E-state index >= 15 is 0 Å². The van der Waals surface area contributed by atoms with Gasteiger partial charge in [-0.3, -0.25) is 4.90 Å². The van der Waals surface area contributed by atoms with E-state index < -0.39 is 42.8 Å². The van der Waals surface area contributed by atoms with Crippen LogP contribution in [-0.2, 0) is 27.0 Å². The van der Waals surface area contributed by atoms with Gasteiger partial charge in [0, 0.05) is 40.9 Å². The van der Waals surface area contributed by atoms with E-state index in [4.69, 9.17) is 38.1 Å². The van der Waals surface area contributed by atoms with Gasteiger partial charge in [0.15, 0.2) is 0 Å². The van der Waals surface area contributed by atoms with Crippen molar-refractivity contribution < 1.29 is 40.5 Å². The molecule has 0 spiro atoms. The first-order valence-corrected chi connectivity index (χ1v) is 15.3. The molecule has 246 valence electrons. The lowest BCUT2D eigenvalue weighted by Gasteiger charge is -2.26. The average molecular weight is 687 g/mol. The quantitative estimate of drug-likeness (QED) is 0.0558. The predicted octanol–water partition coefficient (Wildman–Crippen LogP) is 8.97. The molecular weight excluding hydrogens is 647 g/mol. The molecule has 0 saturated carbocycles. The van der Waals surface area contributed by atoms with Crippen molar-refractivity contribution in [1.29, 1.82) is 0 Å². The highest BCUT2D eigenvalue weighted by Gasteiger charge is 2.23. The fourth-order valence-corrected chi connectivity index (χ4v) is 4.60. The molecule has 2 aromatic heterocycles. The number of carbonyl (C=O) groups excluding carboxylic acids is 1. The summed E-state index contributed by atoms with van der Waals surface area (Å²) in [4.78, 5) is 26.8. The summed E-state index contributed by atoms with van der Waals surface area (Å²) in [6, 6.07) is 17.5. The summed E-state index contributed by atoms with van der Waals surface area (Å²) in [6.07, 6.45) is 0.0955. The lowest BCUT2D eigenvalue weighted by molar-refractivity contribution is -0.160. The summed E-state index contributed by atoms with van der Waals surface area (Å²) < 4.78 is 86.8. The Kier molecular flexibility index (Phi) is 8.79. The number of halogens is 2. The summed E-state index contributed by atoms with van der Waals surface area (Å²) >= 11 is 7.01. The van der Waals surface area contributed by atoms with Crippen molar-refractivity contribution in [1.82, 2.24) is 14.9 Å². The number of aromatic nitrogens is 2. The average Bonchev–Trinajstić information content (AvgIpc) is 3.57. The minimum Gasteiger partial charge on any atom is -0.487 e. The minimum absolute atomic E-state index is 0.0211. The van der Waals surface area contributed by atoms with Crippen LogP contribution in [0.15, 0.2) is 83.5 Å². The first-order chi connectivity index (χ1) is 24.8. The molecule has 1 N–H and O–H groups in total. The number of amides is 1. The number of nitrogens with one attached hydrogen (secondary N) is 1. The van der Waals surface area contributed by atoms with Crippen LogP contribution in [0.4, 0.5) is 20.7 Å². The van der Waals surface area contributed by atoms with E-state index in [-0.39, 0.29) is 27.9 Å². The highest BCUT2D eigenvalue weighted by atomic mass is 35.5. The zero-order chi connectivity index (χ0) is 38.8. The third kappa shape index (κ3) is 9.58. The number of carbonyl (C=O) groups is 1. The molecule has 5 rings (SSSR count). The molecule has 0 unspecified atom stereocenters. The van der Waals surface area contributed by atoms with Crippen molar-refractivity contribution in [3.8, 4) is 17.1 Å². The highest BCUT2D eigenvalue weighted by molar-refractivity contribution is 7.94. The first-order valence-electron chi connectivity index (χ1n) is 17.0. The van der Waals surface area contributed by atoms with Crippen LogP contribution in [0.25, 0.3) is 22.2 Å². The van der Waals surface area contributed by atoms with Crippen molar-refractivity contribution in [2.24, 2.45) is 0 Å². The second kappa shape index (κ2) is 15.5. The molecule has 2 heterocycles. The van der Waals surface area contributed by atoms with Gasteiger partial charge in [0.1, 0.15) is 47.4 Å². The molecule has 0 saturated heterocycles. The molecule has 0 radical (unpaired) electrons. The number of nitrogens with zero attached hydrogens (tertiary/aromatic N) is 3. The summed E-state index contributed by atoms with van der Waals surface area (Å²) in [5.74, 6) is -0.934. The van der Waals surface area contributed by atoms with Crippen LogP contribution < -0.4 is 10.1 Å². The van der Waals surface area contributed by atoms with E-state index in [1.165, 1.54) is 55.9 Å². The van der Waals surface area contributed by atoms with Gasteiger partial charge < -0.3 is 19.2 Å². The SMILES string of the molecule is [2H]C([2H])(Oc1ccc(Nc2ncnc3ccc(-c4ccc(C([2H])([2H])N(C(=O)OC(C)(C)C)C([2H])([2H])CSOOC)o4)cc23)cc1Cl)c1cccc(F)c1. The van der Waals surface area contributed by atoms with Crippen molar-refractivity contribution in [3.63, 3.8) is 0 Å². The van der Waals surface area contributed by atoms with Crippen LogP contribution in [0.3, 0.4) is 0 Å². The predicted molar refractivity (Wildman–Crippen MR) is 180 cm³/mol. The molecule has 13 heteroatoms. The summed E-state index contributed by atoms with van der Waals surface area (Å²) in [7, 11) is 1.22. The number of hydrogen-bond donors (Lipinski definition) is 1. The second-order valence-corrected chi connectivity index (χ2v) is 11.8. The van der Waals surface area contributed by atoms with Crippen LogP contribution in [0.1, 0.15) is 40.3 Å². The summed E-state index contributed by atoms with van der Waals surface area (Å²) in [5, 5.41) is 3.77. The van der Waals surface area contributed by atoms with Crippen molar-refractivity contribution >= 4 is 52.1 Å². The molecule has 0 fully saturated rings. The smallest absolute Gasteiger partial charge is 0.410 e. The zero-order valence-corrected chi connectivity index (χ0v) is 27.2. The fraction of sp³-hybridized carbons (Fsp3) is 0.265. The van der Waals surface area contributed by atoms with Crippen molar-refractivity contribution in [2.75, 3.05) is 24.7 Å². The monoisotopic (exact) mass is 686 g/mol. The number of rotatable bonds is 13. The van der Waals surface area contributed by atoms with Crippen LogP contribution in [0.5, 0.6) is 5.75 Å². The standard InChI is InChI=1S/C34H34ClFN4O6S/c1-34(2,3)45-33(41)40(14-15-47-46-42-4)19-26-10-13-30(44-26)23-8-11-29-27(17-23)32(38-21-37-29)39-25-9-12-31(28(35)18-25)43-20-22-6-5-7-24(36)16-22/h5-13,16-18,21H,14-15,19-20H2,1-4H3,(H,37,38,39)/i14D2,19D2,20D2. The maximum atomic E-state index is 13.7. The van der Waals surface area contributed by atoms with Crippen LogP contribution in [0, 0.1) is 5.82 Å². The van der Waals surface area contributed by atoms with Gasteiger partial charge in [0.05, 0.1) is 32.4 Å². The lowest BCUT2D eigenvalue weighted by atomic mass is 10.1. The number of fused-ring (bicyclic) bond motifs is 1. The lowest BCUT2D eigenvalue weighted by Crippen LogP contribution is -2.37. The Balaban J connectivity index is 1.42. The highest BCUT2D eigenvalue weighted by Crippen LogP contribution is 2.33. The molecule has 0 aliphatic carbocycles. The van der Waals surface area contributed by atoms with Gasteiger partial charge in [-0.1, -0.05) is 23.7 Å². The molecule has 1 amide bonds. The molecule has 0 aliphatic rings. The van der Waals surface area contributed by atoms with Crippen molar-refractivity contribution in [3.05, 3.63) is 101 Å². The first kappa shape index (κ1) is 26.7. The normalized spacial score (nSPS) is 14.3. The van der Waals surface area contributed by atoms with Gasteiger partial charge in [-0.15, -0.1) is 0 Å². The van der Waals surface area contributed by atoms with Gasteiger partial charge in [0.2, 0.25) is 0 Å². The largest absolute Gasteiger partial charge is 0.487 e. The van der Waals surface area contributed by atoms with E-state index in [0.717, 1.165) is 6.07 Å². The van der Waals surface area contributed by atoms with Gasteiger partial charge in [-0.05, 0) is 87.0 Å². The van der Waals surface area contributed by atoms with Crippen LogP contribution in [0.2, 0.25) is 5.02 Å². The van der Waals surface area contributed by atoms with Crippen LogP contribution in [-0.4, -0.2) is 45.9 Å². The minimum atomic E-state index is -2.84. The molecule has 0 atom stereocenters. The van der Waals surface area contributed by atoms with Gasteiger partial charge >= 0.3 is 6.09 Å². The Morgan fingerprint density at radius 2 is 1.96 bits per heavy atom. The topological polar surface area (TPSA) is 108 Å². The van der Waals surface area contributed by atoms with E-state index in [2.05, 4.69) is 20.2 Å². The third-order valence-corrected chi connectivity index (χ3v) is 6.79. The molecule has 5 aromatic rings. The molecule has 47 heavy (non-hydrogen) atoms. The zero-order valence-electron chi connectivity index (χ0n) is 31.7. The number of benzene rings is 3. The number of ether oxygens (including phenoxy) is 2. The van der Waals surface area contributed by atoms with Crippen LogP contribution >= 0.6 is 23.6 Å². The Morgan fingerprint density at radius 1 is 1.11 bits per heavy atom. The molecule has 0 bridgehead atoms. The van der Waals surface area contributed by atoms with E-state index in [1.807, 2.05) is 0 Å². The second-order valence-electron chi connectivity index (χ2n) is 10.7. The maximum Gasteiger partial charge on any atom is 0.410 e. The van der Waals surface area contributed by atoms with Gasteiger partial charge in [0.25, 0.3) is 0 Å². The Hall–Kier alpha value is -4.36. The molecular formula is C34H34ClFN4O6S.